The van der Waals surface area contributed by atoms with Crippen molar-refractivity contribution in [3.8, 4) is 0 Å². The largest absolute Gasteiger partial charge is 0.346 e. The maximum atomic E-state index is 12.2. The van der Waals surface area contributed by atoms with Crippen LogP contribution in [0.5, 0.6) is 0 Å². The van der Waals surface area contributed by atoms with Crippen LogP contribution in [0.25, 0.3) is 0 Å². The summed E-state index contributed by atoms with van der Waals surface area (Å²) in [4.78, 5) is 26.3. The summed E-state index contributed by atoms with van der Waals surface area (Å²) in [5, 5.41) is 9.53. The molecule has 1 aromatic carbocycles. The number of nitrogens with zero attached hydrogens (tertiary/aromatic N) is 3. The number of para-hydroxylation sites is 1. The number of anilines is 1. The van der Waals surface area contributed by atoms with Gasteiger partial charge in [-0.25, -0.2) is 0 Å². The average molecular weight is 343 g/mol. The number of aromatic nitrogens is 2. The lowest BCUT2D eigenvalue weighted by atomic mass is 10.1. The zero-order valence-electron chi connectivity index (χ0n) is 15.1. The van der Waals surface area contributed by atoms with E-state index in [1.54, 1.807) is 16.9 Å². The van der Waals surface area contributed by atoms with Crippen molar-refractivity contribution < 1.29 is 9.59 Å². The van der Waals surface area contributed by atoms with E-state index in [0.29, 0.717) is 12.2 Å². The Morgan fingerprint density at radius 3 is 2.56 bits per heavy atom. The normalized spacial score (nSPS) is 12.0. The Hall–Kier alpha value is -2.67. The van der Waals surface area contributed by atoms with E-state index in [0.717, 1.165) is 17.5 Å². The van der Waals surface area contributed by atoms with E-state index in [2.05, 4.69) is 15.7 Å². The minimum Gasteiger partial charge on any atom is -0.346 e. The summed E-state index contributed by atoms with van der Waals surface area (Å²) >= 11 is 0. The van der Waals surface area contributed by atoms with Crippen LogP contribution in [0.15, 0.2) is 36.7 Å². The molecule has 2 N–H and O–H groups in total. The highest BCUT2D eigenvalue weighted by Gasteiger charge is 2.20. The molecule has 0 bridgehead atoms. The van der Waals surface area contributed by atoms with Crippen LogP contribution in [0.1, 0.15) is 24.1 Å². The van der Waals surface area contributed by atoms with Gasteiger partial charge in [-0.15, -0.1) is 0 Å². The standard InChI is InChI=1S/C18H25N5O2/c1-5-13-8-6-7-9-15(13)21-18(25)17(24)19-11-16(22(2)3)14-10-20-23(4)12-14/h6-10,12,16H,5,11H2,1-4H3,(H,19,24)(H,21,25)/t16-/m1/s1. The minimum atomic E-state index is -0.662. The molecule has 25 heavy (non-hydrogen) atoms. The highest BCUT2D eigenvalue weighted by Crippen LogP contribution is 2.17. The third-order valence-electron chi connectivity index (χ3n) is 4.04. The molecule has 0 aliphatic carbocycles. The number of hydrogen-bond acceptors (Lipinski definition) is 4. The van der Waals surface area contributed by atoms with Gasteiger partial charge < -0.3 is 15.5 Å². The molecular weight excluding hydrogens is 318 g/mol. The summed E-state index contributed by atoms with van der Waals surface area (Å²) in [6.45, 7) is 2.32. The van der Waals surface area contributed by atoms with Crippen molar-refractivity contribution in [2.75, 3.05) is 26.0 Å². The number of likely N-dealkylation sites (N-methyl/N-ethyl adjacent to an activating group) is 1. The maximum Gasteiger partial charge on any atom is 0.313 e. The van der Waals surface area contributed by atoms with E-state index in [4.69, 9.17) is 0 Å². The molecule has 1 heterocycles. The first-order valence-electron chi connectivity index (χ1n) is 8.24. The smallest absolute Gasteiger partial charge is 0.313 e. The fraction of sp³-hybridized carbons (Fsp3) is 0.389. The minimum absolute atomic E-state index is 0.0617. The molecule has 134 valence electrons. The average Bonchev–Trinajstić information content (AvgIpc) is 3.01. The maximum absolute atomic E-state index is 12.2. The Labute approximate surface area is 148 Å². The van der Waals surface area contributed by atoms with E-state index in [9.17, 15) is 9.59 Å². The van der Waals surface area contributed by atoms with Crippen molar-refractivity contribution in [2.24, 2.45) is 7.05 Å². The number of carbonyl (C=O) groups excluding carboxylic acids is 2. The first kappa shape index (κ1) is 18.7. The monoisotopic (exact) mass is 343 g/mol. The predicted octanol–water partition coefficient (Wildman–Crippen LogP) is 1.34. The van der Waals surface area contributed by atoms with Gasteiger partial charge in [0, 0.05) is 31.0 Å². The second kappa shape index (κ2) is 8.43. The van der Waals surface area contributed by atoms with Crippen LogP contribution >= 0.6 is 0 Å². The van der Waals surface area contributed by atoms with E-state index in [1.807, 2.05) is 57.4 Å². The van der Waals surface area contributed by atoms with Crippen molar-refractivity contribution in [1.29, 1.82) is 0 Å². The van der Waals surface area contributed by atoms with E-state index in [-0.39, 0.29) is 6.04 Å². The first-order chi connectivity index (χ1) is 11.9. The quantitative estimate of drug-likeness (QED) is 0.776. The molecule has 0 saturated heterocycles. The summed E-state index contributed by atoms with van der Waals surface area (Å²) in [6, 6.07) is 7.40. The highest BCUT2D eigenvalue weighted by molar-refractivity contribution is 6.39. The Bertz CT molecular complexity index is 739. The van der Waals surface area contributed by atoms with Crippen LogP contribution in [0, 0.1) is 0 Å². The number of hydrogen-bond donors (Lipinski definition) is 2. The highest BCUT2D eigenvalue weighted by atomic mass is 16.2. The zero-order chi connectivity index (χ0) is 18.4. The number of benzene rings is 1. The fourth-order valence-corrected chi connectivity index (χ4v) is 2.61. The molecule has 1 aromatic heterocycles. The summed E-state index contributed by atoms with van der Waals surface area (Å²) < 4.78 is 1.71. The van der Waals surface area contributed by atoms with Crippen molar-refractivity contribution in [3.63, 3.8) is 0 Å². The van der Waals surface area contributed by atoms with Crippen molar-refractivity contribution in [3.05, 3.63) is 47.8 Å². The molecule has 2 amide bonds. The number of aryl methyl sites for hydroxylation is 2. The predicted molar refractivity (Wildman–Crippen MR) is 97.1 cm³/mol. The van der Waals surface area contributed by atoms with Gasteiger partial charge in [0.25, 0.3) is 0 Å². The van der Waals surface area contributed by atoms with Gasteiger partial charge in [0.05, 0.1) is 12.2 Å². The lowest BCUT2D eigenvalue weighted by molar-refractivity contribution is -0.136. The van der Waals surface area contributed by atoms with Crippen molar-refractivity contribution in [1.82, 2.24) is 20.0 Å². The summed E-state index contributed by atoms with van der Waals surface area (Å²) in [5.74, 6) is -1.31. The molecule has 0 aliphatic heterocycles. The molecule has 0 spiro atoms. The van der Waals surface area contributed by atoms with E-state index in [1.165, 1.54) is 0 Å². The van der Waals surface area contributed by atoms with Crippen LogP contribution in [-0.2, 0) is 23.1 Å². The third kappa shape index (κ3) is 4.90. The number of nitrogens with one attached hydrogen (secondary N) is 2. The Balaban J connectivity index is 1.97. The molecule has 0 aliphatic rings. The summed E-state index contributed by atoms with van der Waals surface area (Å²) in [6.07, 6.45) is 4.44. The topological polar surface area (TPSA) is 79.3 Å². The lowest BCUT2D eigenvalue weighted by Gasteiger charge is -2.23. The molecule has 1 atom stereocenters. The number of carbonyl (C=O) groups is 2. The van der Waals surface area contributed by atoms with Crippen LogP contribution in [-0.4, -0.2) is 47.1 Å². The lowest BCUT2D eigenvalue weighted by Crippen LogP contribution is -2.40. The molecule has 7 heteroatoms. The van der Waals surface area contributed by atoms with Gasteiger partial charge in [-0.1, -0.05) is 25.1 Å². The molecule has 0 saturated carbocycles. The number of amides is 2. The van der Waals surface area contributed by atoms with Gasteiger partial charge in [-0.2, -0.15) is 5.10 Å². The first-order valence-corrected chi connectivity index (χ1v) is 8.24. The summed E-state index contributed by atoms with van der Waals surface area (Å²) in [5.41, 5.74) is 2.64. The molecule has 0 unspecified atom stereocenters. The van der Waals surface area contributed by atoms with Gasteiger partial charge in [-0.3, -0.25) is 14.3 Å². The van der Waals surface area contributed by atoms with Gasteiger partial charge in [0.2, 0.25) is 0 Å². The van der Waals surface area contributed by atoms with Crippen molar-refractivity contribution in [2.45, 2.75) is 19.4 Å². The fourth-order valence-electron chi connectivity index (χ4n) is 2.61. The van der Waals surface area contributed by atoms with Gasteiger partial charge in [0.15, 0.2) is 0 Å². The van der Waals surface area contributed by atoms with Crippen LogP contribution in [0.4, 0.5) is 5.69 Å². The Kier molecular flexibility index (Phi) is 6.30. The Morgan fingerprint density at radius 2 is 1.96 bits per heavy atom. The Morgan fingerprint density at radius 1 is 1.24 bits per heavy atom. The van der Waals surface area contributed by atoms with Gasteiger partial charge in [0.1, 0.15) is 0 Å². The van der Waals surface area contributed by atoms with Crippen molar-refractivity contribution >= 4 is 17.5 Å². The SMILES string of the molecule is CCc1ccccc1NC(=O)C(=O)NC[C@H](c1cnn(C)c1)N(C)C. The second-order valence-corrected chi connectivity index (χ2v) is 6.10. The molecule has 2 aromatic rings. The molecule has 0 fully saturated rings. The van der Waals surface area contributed by atoms with Gasteiger partial charge in [-0.05, 0) is 32.1 Å². The number of rotatable bonds is 6. The van der Waals surface area contributed by atoms with Crippen LogP contribution in [0.3, 0.4) is 0 Å². The molecule has 2 rings (SSSR count). The summed E-state index contributed by atoms with van der Waals surface area (Å²) in [7, 11) is 5.68. The zero-order valence-corrected chi connectivity index (χ0v) is 15.1. The van der Waals surface area contributed by atoms with Gasteiger partial charge >= 0.3 is 11.8 Å². The molecule has 7 nitrogen and oxygen atoms in total. The molecule has 0 radical (unpaired) electrons. The second-order valence-electron chi connectivity index (χ2n) is 6.10. The molecular formula is C18H25N5O2. The van der Waals surface area contributed by atoms with Crippen LogP contribution in [0.2, 0.25) is 0 Å². The van der Waals surface area contributed by atoms with Crippen LogP contribution < -0.4 is 10.6 Å². The third-order valence-corrected chi connectivity index (χ3v) is 4.04. The van der Waals surface area contributed by atoms with E-state index >= 15 is 0 Å². The van der Waals surface area contributed by atoms with E-state index < -0.39 is 11.8 Å².